The van der Waals surface area contributed by atoms with E-state index in [0.29, 0.717) is 0 Å². The quantitative estimate of drug-likeness (QED) is 0.672. The molecule has 0 fully saturated rings. The van der Waals surface area contributed by atoms with E-state index in [1.54, 1.807) is 0 Å². The third kappa shape index (κ3) is 2.66. The zero-order chi connectivity index (χ0) is 14.7. The molecule has 0 unspecified atom stereocenters. The average molecular weight is 274 g/mol. The molecule has 0 saturated carbocycles. The van der Waals surface area contributed by atoms with Gasteiger partial charge in [0.05, 0.1) is 11.8 Å². The predicted octanol–water partition coefficient (Wildman–Crippen LogP) is 1.44. The van der Waals surface area contributed by atoms with E-state index >= 15 is 0 Å². The van der Waals surface area contributed by atoms with Crippen LogP contribution in [0.15, 0.2) is 36.7 Å². The molecule has 0 radical (unpaired) electrons. The number of hydrogen-bond acceptors (Lipinski definition) is 5. The van der Waals surface area contributed by atoms with Crippen LogP contribution in [0.2, 0.25) is 0 Å². The lowest BCUT2D eigenvalue weighted by atomic mass is 10.1. The van der Waals surface area contributed by atoms with Gasteiger partial charge in [0, 0.05) is 18.0 Å². The molecule has 102 valence electrons. The summed E-state index contributed by atoms with van der Waals surface area (Å²) in [5.41, 5.74) is -0.0507. The third-order valence-corrected chi connectivity index (χ3v) is 2.53. The van der Waals surface area contributed by atoms with Crippen LogP contribution in [0.4, 0.5) is 5.69 Å². The van der Waals surface area contributed by atoms with Gasteiger partial charge in [0.15, 0.2) is 0 Å². The number of anilines is 1. The second-order valence-electron chi connectivity index (χ2n) is 3.88. The molecule has 1 heterocycles. The van der Waals surface area contributed by atoms with E-state index in [4.69, 9.17) is 5.11 Å². The molecular formula is C13H10N2O5. The fourth-order valence-corrected chi connectivity index (χ4v) is 1.57. The Hall–Kier alpha value is -3.09. The van der Waals surface area contributed by atoms with E-state index in [2.05, 4.69) is 10.3 Å². The summed E-state index contributed by atoms with van der Waals surface area (Å²) >= 11 is 0. The van der Waals surface area contributed by atoms with E-state index < -0.39 is 17.6 Å². The van der Waals surface area contributed by atoms with Gasteiger partial charge in [0.1, 0.15) is 17.1 Å². The molecule has 1 aromatic carbocycles. The molecule has 0 saturated heterocycles. The van der Waals surface area contributed by atoms with Crippen molar-refractivity contribution in [3.05, 3.63) is 47.8 Å². The van der Waals surface area contributed by atoms with Gasteiger partial charge in [-0.3, -0.25) is 9.78 Å². The highest BCUT2D eigenvalue weighted by atomic mass is 16.4. The van der Waals surface area contributed by atoms with Crippen molar-refractivity contribution in [1.29, 1.82) is 0 Å². The number of benzene rings is 1. The molecule has 7 heteroatoms. The van der Waals surface area contributed by atoms with Gasteiger partial charge in [-0.05, 0) is 18.2 Å². The highest BCUT2D eigenvalue weighted by molar-refractivity contribution is 6.06. The summed E-state index contributed by atoms with van der Waals surface area (Å²) in [6, 6.07) is 4.94. The number of pyridine rings is 1. The highest BCUT2D eigenvalue weighted by Crippen LogP contribution is 2.23. The zero-order valence-corrected chi connectivity index (χ0v) is 10.1. The van der Waals surface area contributed by atoms with E-state index in [9.17, 15) is 19.8 Å². The second-order valence-corrected chi connectivity index (χ2v) is 3.88. The van der Waals surface area contributed by atoms with Gasteiger partial charge in [-0.15, -0.1) is 0 Å². The third-order valence-electron chi connectivity index (χ3n) is 2.53. The summed E-state index contributed by atoms with van der Waals surface area (Å²) in [5, 5.41) is 30.2. The number of amides is 1. The van der Waals surface area contributed by atoms with Crippen LogP contribution in [0.5, 0.6) is 11.5 Å². The Morgan fingerprint density at radius 1 is 1.05 bits per heavy atom. The molecule has 0 spiro atoms. The van der Waals surface area contributed by atoms with Crippen molar-refractivity contribution >= 4 is 17.6 Å². The molecule has 0 aliphatic heterocycles. The largest absolute Gasteiger partial charge is 0.507 e. The minimum atomic E-state index is -1.27. The maximum atomic E-state index is 11.9. The van der Waals surface area contributed by atoms with Crippen molar-refractivity contribution in [2.75, 3.05) is 5.32 Å². The average Bonchev–Trinajstić information content (AvgIpc) is 2.38. The minimum Gasteiger partial charge on any atom is -0.507 e. The van der Waals surface area contributed by atoms with Crippen LogP contribution in [-0.2, 0) is 0 Å². The summed E-state index contributed by atoms with van der Waals surface area (Å²) in [5.74, 6) is -2.62. The molecule has 2 aromatic rings. The molecule has 1 aromatic heterocycles. The minimum absolute atomic E-state index is 0.0156. The van der Waals surface area contributed by atoms with Crippen LogP contribution < -0.4 is 5.32 Å². The number of hydrogen-bond donors (Lipinski definition) is 4. The first-order valence-corrected chi connectivity index (χ1v) is 5.49. The molecular weight excluding hydrogens is 264 g/mol. The van der Waals surface area contributed by atoms with Crippen LogP contribution in [0, 0.1) is 0 Å². The molecule has 20 heavy (non-hydrogen) atoms. The monoisotopic (exact) mass is 274 g/mol. The Labute approximate surface area is 113 Å². The first-order valence-electron chi connectivity index (χ1n) is 5.49. The van der Waals surface area contributed by atoms with Crippen LogP contribution in [0.25, 0.3) is 0 Å². The number of phenols is 1. The molecule has 1 amide bonds. The van der Waals surface area contributed by atoms with Gasteiger partial charge in [-0.1, -0.05) is 0 Å². The molecule has 7 nitrogen and oxygen atoms in total. The summed E-state index contributed by atoms with van der Waals surface area (Å²) in [6.45, 7) is 0. The van der Waals surface area contributed by atoms with Crippen LogP contribution in [0.3, 0.4) is 0 Å². The van der Waals surface area contributed by atoms with Crippen LogP contribution in [-0.4, -0.2) is 32.2 Å². The second kappa shape index (κ2) is 5.27. The Kier molecular flexibility index (Phi) is 3.52. The Morgan fingerprint density at radius 2 is 1.80 bits per heavy atom. The Balaban J connectivity index is 2.23. The number of carbonyl (C=O) groups is 2. The molecule has 0 bridgehead atoms. The lowest BCUT2D eigenvalue weighted by molar-refractivity contribution is 0.0693. The fourth-order valence-electron chi connectivity index (χ4n) is 1.57. The SMILES string of the molecule is O=C(O)c1ccc(NC(=O)c2ccncc2O)cc1O. The van der Waals surface area contributed by atoms with E-state index in [1.165, 1.54) is 24.4 Å². The van der Waals surface area contributed by atoms with Crippen molar-refractivity contribution in [3.8, 4) is 11.5 Å². The van der Waals surface area contributed by atoms with E-state index in [1.807, 2.05) is 0 Å². The highest BCUT2D eigenvalue weighted by Gasteiger charge is 2.13. The first kappa shape index (κ1) is 13.3. The Morgan fingerprint density at radius 3 is 2.40 bits per heavy atom. The van der Waals surface area contributed by atoms with Crippen molar-refractivity contribution in [2.45, 2.75) is 0 Å². The van der Waals surface area contributed by atoms with Gasteiger partial charge in [-0.25, -0.2) is 4.79 Å². The number of aromatic nitrogens is 1. The standard InChI is InChI=1S/C13H10N2O5/c16-10-5-7(1-2-9(10)13(19)20)15-12(18)8-3-4-14-6-11(8)17/h1-6,16-17H,(H,15,18)(H,19,20). The van der Waals surface area contributed by atoms with Crippen molar-refractivity contribution in [3.63, 3.8) is 0 Å². The summed E-state index contributed by atoms with van der Waals surface area (Å²) in [7, 11) is 0. The van der Waals surface area contributed by atoms with Crippen molar-refractivity contribution in [1.82, 2.24) is 4.98 Å². The van der Waals surface area contributed by atoms with Crippen LogP contribution >= 0.6 is 0 Å². The smallest absolute Gasteiger partial charge is 0.339 e. The van der Waals surface area contributed by atoms with E-state index in [0.717, 1.165) is 12.3 Å². The number of nitrogens with one attached hydrogen (secondary N) is 1. The maximum absolute atomic E-state index is 11.9. The molecule has 0 aliphatic carbocycles. The number of carboxylic acids is 1. The number of nitrogens with zero attached hydrogens (tertiary/aromatic N) is 1. The lowest BCUT2D eigenvalue weighted by Crippen LogP contribution is -2.12. The normalized spacial score (nSPS) is 10.0. The molecule has 0 atom stereocenters. The predicted molar refractivity (Wildman–Crippen MR) is 68.9 cm³/mol. The lowest BCUT2D eigenvalue weighted by Gasteiger charge is -2.07. The van der Waals surface area contributed by atoms with Gasteiger partial charge < -0.3 is 20.6 Å². The number of aromatic carboxylic acids is 1. The topological polar surface area (TPSA) is 120 Å². The number of rotatable bonds is 3. The summed E-state index contributed by atoms with van der Waals surface area (Å²) in [4.78, 5) is 26.2. The van der Waals surface area contributed by atoms with E-state index in [-0.39, 0.29) is 22.6 Å². The fraction of sp³-hybridized carbons (Fsp3) is 0. The van der Waals surface area contributed by atoms with Gasteiger partial charge in [0.25, 0.3) is 5.91 Å². The summed E-state index contributed by atoms with van der Waals surface area (Å²) in [6.07, 6.45) is 2.47. The Bertz CT molecular complexity index is 684. The van der Waals surface area contributed by atoms with Gasteiger partial charge >= 0.3 is 5.97 Å². The van der Waals surface area contributed by atoms with Crippen LogP contribution in [0.1, 0.15) is 20.7 Å². The molecule has 2 rings (SSSR count). The molecule has 0 aliphatic rings. The summed E-state index contributed by atoms with van der Waals surface area (Å²) < 4.78 is 0. The van der Waals surface area contributed by atoms with Crippen molar-refractivity contribution < 1.29 is 24.9 Å². The van der Waals surface area contributed by atoms with Crippen molar-refractivity contribution in [2.24, 2.45) is 0 Å². The number of aromatic hydroxyl groups is 2. The molecule has 4 N–H and O–H groups in total. The first-order chi connectivity index (χ1) is 9.49. The van der Waals surface area contributed by atoms with Gasteiger partial charge in [0.2, 0.25) is 0 Å². The van der Waals surface area contributed by atoms with Gasteiger partial charge in [-0.2, -0.15) is 0 Å². The maximum Gasteiger partial charge on any atom is 0.339 e. The number of carboxylic acid groups (broad SMARTS) is 1. The number of carbonyl (C=O) groups excluding carboxylic acids is 1. The zero-order valence-electron chi connectivity index (χ0n) is 10.1.